The van der Waals surface area contributed by atoms with E-state index in [2.05, 4.69) is 52.3 Å². The molecule has 2 aromatic carbocycles. The minimum atomic E-state index is 0.200. The van der Waals surface area contributed by atoms with Gasteiger partial charge in [-0.3, -0.25) is 4.79 Å². The fourth-order valence-corrected chi connectivity index (χ4v) is 4.37. The molecule has 1 aliphatic heterocycles. The van der Waals surface area contributed by atoms with Gasteiger partial charge in [-0.1, -0.05) is 55.4 Å². The number of aryl methyl sites for hydroxylation is 1. The summed E-state index contributed by atoms with van der Waals surface area (Å²) in [6.45, 7) is 6.86. The van der Waals surface area contributed by atoms with E-state index >= 15 is 0 Å². The molecule has 0 aliphatic carbocycles. The Morgan fingerprint density at radius 3 is 2.53 bits per heavy atom. The molecule has 4 aromatic rings. The van der Waals surface area contributed by atoms with Gasteiger partial charge in [-0.25, -0.2) is 4.98 Å². The predicted molar refractivity (Wildman–Crippen MR) is 126 cm³/mol. The summed E-state index contributed by atoms with van der Waals surface area (Å²) in [4.78, 5) is 25.9. The number of amides is 1. The van der Waals surface area contributed by atoms with Crippen molar-refractivity contribution in [3.05, 3.63) is 48.3 Å². The van der Waals surface area contributed by atoms with Crippen LogP contribution in [-0.2, 0) is 11.2 Å². The number of hydrogen-bond acceptors (Lipinski definition) is 6. The average Bonchev–Trinajstić information content (AvgIpc) is 3.27. The Morgan fingerprint density at radius 2 is 1.78 bits per heavy atom. The summed E-state index contributed by atoms with van der Waals surface area (Å²) < 4.78 is 5.72. The second-order valence-electron chi connectivity index (χ2n) is 8.21. The topological polar surface area (TPSA) is 75.4 Å². The Bertz CT molecular complexity index is 1270. The smallest absolute Gasteiger partial charge is 0.263 e. The molecule has 1 amide bonds. The molecule has 0 spiro atoms. The Hall–Kier alpha value is -3.48. The van der Waals surface area contributed by atoms with Crippen molar-refractivity contribution in [2.24, 2.45) is 0 Å². The molecular formula is C25H27N5O2. The molecule has 1 aliphatic rings. The van der Waals surface area contributed by atoms with Gasteiger partial charge in [-0.05, 0) is 23.3 Å². The van der Waals surface area contributed by atoms with E-state index in [4.69, 9.17) is 9.51 Å². The van der Waals surface area contributed by atoms with Crippen molar-refractivity contribution in [3.63, 3.8) is 0 Å². The number of hydrogen-bond donors (Lipinski definition) is 0. The number of nitrogens with zero attached hydrogens (tertiary/aromatic N) is 5. The molecule has 164 valence electrons. The van der Waals surface area contributed by atoms with Gasteiger partial charge in [0.15, 0.2) is 0 Å². The number of rotatable bonds is 5. The van der Waals surface area contributed by atoms with Crippen LogP contribution in [0.4, 0.5) is 5.82 Å². The number of fused-ring (bicyclic) bond motifs is 2. The molecular weight excluding hydrogens is 402 g/mol. The summed E-state index contributed by atoms with van der Waals surface area (Å²) in [5.41, 5.74) is 2.26. The van der Waals surface area contributed by atoms with Gasteiger partial charge in [-0.15, -0.1) is 0 Å². The highest BCUT2D eigenvalue weighted by atomic mass is 16.5. The molecule has 2 aromatic heterocycles. The lowest BCUT2D eigenvalue weighted by molar-refractivity contribution is -0.131. The zero-order valence-electron chi connectivity index (χ0n) is 18.5. The number of aromatic nitrogens is 3. The molecule has 0 unspecified atom stereocenters. The molecule has 0 atom stereocenters. The monoisotopic (exact) mass is 429 g/mol. The van der Waals surface area contributed by atoms with Crippen molar-refractivity contribution in [2.75, 3.05) is 31.1 Å². The van der Waals surface area contributed by atoms with E-state index in [1.165, 1.54) is 5.39 Å². The largest absolute Gasteiger partial charge is 0.352 e. The van der Waals surface area contributed by atoms with E-state index in [1.54, 1.807) is 0 Å². The van der Waals surface area contributed by atoms with Crippen molar-refractivity contribution in [1.29, 1.82) is 0 Å². The Morgan fingerprint density at radius 1 is 1.00 bits per heavy atom. The predicted octanol–water partition coefficient (Wildman–Crippen LogP) is 4.45. The van der Waals surface area contributed by atoms with Crippen LogP contribution in [0.3, 0.4) is 0 Å². The molecule has 7 nitrogen and oxygen atoms in total. The first-order valence-electron chi connectivity index (χ1n) is 11.4. The highest BCUT2D eigenvalue weighted by Gasteiger charge is 2.26. The maximum absolute atomic E-state index is 12.1. The molecule has 1 saturated heterocycles. The van der Waals surface area contributed by atoms with Crippen LogP contribution in [0, 0.1) is 0 Å². The van der Waals surface area contributed by atoms with Gasteiger partial charge in [0.25, 0.3) is 5.71 Å². The van der Waals surface area contributed by atoms with Crippen LogP contribution in [-0.4, -0.2) is 52.1 Å². The third kappa shape index (κ3) is 3.68. The number of carbonyl (C=O) groups excluding carboxylic acids is 1. The second kappa shape index (κ2) is 8.57. The van der Waals surface area contributed by atoms with E-state index in [1.807, 2.05) is 24.0 Å². The normalized spacial score (nSPS) is 14.4. The van der Waals surface area contributed by atoms with Crippen LogP contribution in [0.2, 0.25) is 0 Å². The summed E-state index contributed by atoms with van der Waals surface area (Å²) in [5.74, 6) is 1.82. The van der Waals surface area contributed by atoms with Crippen molar-refractivity contribution in [2.45, 2.75) is 33.1 Å². The molecule has 0 radical (unpaired) electrons. The van der Waals surface area contributed by atoms with Gasteiger partial charge in [0.2, 0.25) is 5.91 Å². The standard InChI is InChI=1S/C25H27N5O2/c1-3-7-20-26-24(30-14-12-29(13-15-30)21(31)4-2)22-23(28-32-25(22)27-20)19-11-10-17-8-5-6-9-18(17)16-19/h5-6,8-11,16H,3-4,7,12-15H2,1-2H3. The molecule has 5 rings (SSSR count). The molecule has 0 bridgehead atoms. The van der Waals surface area contributed by atoms with Gasteiger partial charge >= 0.3 is 0 Å². The number of benzene rings is 2. The summed E-state index contributed by atoms with van der Waals surface area (Å²) in [6.07, 6.45) is 2.27. The van der Waals surface area contributed by atoms with Crippen molar-refractivity contribution in [1.82, 2.24) is 20.0 Å². The van der Waals surface area contributed by atoms with E-state index < -0.39 is 0 Å². The first kappa shape index (κ1) is 20.4. The van der Waals surface area contributed by atoms with Crippen molar-refractivity contribution >= 4 is 33.6 Å². The van der Waals surface area contributed by atoms with Gasteiger partial charge in [0.1, 0.15) is 22.7 Å². The van der Waals surface area contributed by atoms with E-state index in [9.17, 15) is 4.79 Å². The Kier molecular flexibility index (Phi) is 5.47. The number of anilines is 1. The Balaban J connectivity index is 1.59. The van der Waals surface area contributed by atoms with Gasteiger partial charge in [0.05, 0.1) is 0 Å². The number of piperazine rings is 1. The highest BCUT2D eigenvalue weighted by molar-refractivity contribution is 6.00. The van der Waals surface area contributed by atoms with Crippen LogP contribution in [0.25, 0.3) is 33.1 Å². The summed E-state index contributed by atoms with van der Waals surface area (Å²) in [7, 11) is 0. The SMILES string of the molecule is CCCc1nc(N2CCN(C(=O)CC)CC2)c2c(-c3ccc4ccccc4c3)noc2n1. The molecule has 3 heterocycles. The van der Waals surface area contributed by atoms with Crippen molar-refractivity contribution < 1.29 is 9.32 Å². The third-order valence-electron chi connectivity index (χ3n) is 6.09. The van der Waals surface area contributed by atoms with E-state index in [-0.39, 0.29) is 5.91 Å². The quantitative estimate of drug-likeness (QED) is 0.467. The third-order valence-corrected chi connectivity index (χ3v) is 6.09. The summed E-state index contributed by atoms with van der Waals surface area (Å²) >= 11 is 0. The average molecular weight is 430 g/mol. The van der Waals surface area contributed by atoms with Gasteiger partial charge < -0.3 is 14.3 Å². The fraction of sp³-hybridized carbons (Fsp3) is 0.360. The van der Waals surface area contributed by atoms with E-state index in [0.29, 0.717) is 25.2 Å². The van der Waals surface area contributed by atoms with Crippen molar-refractivity contribution in [3.8, 4) is 11.3 Å². The highest BCUT2D eigenvalue weighted by Crippen LogP contribution is 2.35. The summed E-state index contributed by atoms with van der Waals surface area (Å²) in [6, 6.07) is 14.6. The van der Waals surface area contributed by atoms with Gasteiger partial charge in [0, 0.05) is 44.6 Å². The first-order chi connectivity index (χ1) is 15.7. The van der Waals surface area contributed by atoms with Crippen LogP contribution < -0.4 is 4.90 Å². The lowest BCUT2D eigenvalue weighted by atomic mass is 10.0. The van der Waals surface area contributed by atoms with Crippen LogP contribution in [0.15, 0.2) is 47.0 Å². The zero-order chi connectivity index (χ0) is 22.1. The fourth-order valence-electron chi connectivity index (χ4n) is 4.37. The minimum absolute atomic E-state index is 0.200. The van der Waals surface area contributed by atoms with Crippen LogP contribution in [0.5, 0.6) is 0 Å². The molecule has 32 heavy (non-hydrogen) atoms. The summed E-state index contributed by atoms with van der Waals surface area (Å²) in [5, 5.41) is 7.59. The maximum atomic E-state index is 12.1. The first-order valence-corrected chi connectivity index (χ1v) is 11.4. The van der Waals surface area contributed by atoms with Crippen LogP contribution in [0.1, 0.15) is 32.5 Å². The minimum Gasteiger partial charge on any atom is -0.352 e. The second-order valence-corrected chi connectivity index (χ2v) is 8.21. The van der Waals surface area contributed by atoms with Gasteiger partial charge in [-0.2, -0.15) is 4.98 Å². The number of carbonyl (C=O) groups is 1. The maximum Gasteiger partial charge on any atom is 0.263 e. The molecule has 1 fully saturated rings. The molecule has 0 N–H and O–H groups in total. The van der Waals surface area contributed by atoms with E-state index in [0.717, 1.165) is 59.6 Å². The zero-order valence-corrected chi connectivity index (χ0v) is 18.5. The molecule has 7 heteroatoms. The lowest BCUT2D eigenvalue weighted by Gasteiger charge is -2.35. The van der Waals surface area contributed by atoms with Crippen LogP contribution >= 0.6 is 0 Å². The lowest BCUT2D eigenvalue weighted by Crippen LogP contribution is -2.49. The Labute approximate surface area is 187 Å². The molecule has 0 saturated carbocycles.